The molecule has 0 radical (unpaired) electrons. The Labute approximate surface area is 95.7 Å². The van der Waals surface area contributed by atoms with Gasteiger partial charge >= 0.3 is 12.1 Å². The molecule has 0 aromatic carbocycles. The number of carbonyl (C=O) groups excluding carboxylic acids is 2. The molecule has 6 heteroatoms. The van der Waals surface area contributed by atoms with Crippen molar-refractivity contribution in [3.63, 3.8) is 0 Å². The zero-order valence-corrected chi connectivity index (χ0v) is 10.4. The zero-order valence-electron chi connectivity index (χ0n) is 10.4. The molecular formula is C10H20N2O4. The molecule has 0 aromatic rings. The molecule has 0 aromatic heterocycles. The lowest BCUT2D eigenvalue weighted by Gasteiger charge is -2.21. The lowest BCUT2D eigenvalue weighted by Crippen LogP contribution is -2.46. The van der Waals surface area contributed by atoms with Crippen molar-refractivity contribution in [1.29, 1.82) is 0 Å². The Hall–Kier alpha value is -1.30. The van der Waals surface area contributed by atoms with Gasteiger partial charge in [-0.15, -0.1) is 0 Å². The molecule has 0 aliphatic carbocycles. The summed E-state index contributed by atoms with van der Waals surface area (Å²) in [4.78, 5) is 22.4. The van der Waals surface area contributed by atoms with Gasteiger partial charge in [0, 0.05) is 6.54 Å². The van der Waals surface area contributed by atoms with E-state index in [1.807, 2.05) is 0 Å². The number of rotatable bonds is 4. The van der Waals surface area contributed by atoms with Gasteiger partial charge < -0.3 is 20.1 Å². The summed E-state index contributed by atoms with van der Waals surface area (Å²) in [5.41, 5.74) is -0.551. The van der Waals surface area contributed by atoms with E-state index in [1.165, 1.54) is 7.11 Å². The van der Waals surface area contributed by atoms with E-state index in [0.717, 1.165) is 0 Å². The van der Waals surface area contributed by atoms with E-state index in [9.17, 15) is 9.59 Å². The van der Waals surface area contributed by atoms with Crippen LogP contribution in [0.4, 0.5) is 4.79 Å². The zero-order chi connectivity index (χ0) is 12.8. The number of hydrogen-bond donors (Lipinski definition) is 2. The molecule has 1 atom stereocenters. The van der Waals surface area contributed by atoms with Crippen molar-refractivity contribution < 1.29 is 19.1 Å². The second-order valence-corrected chi connectivity index (χ2v) is 4.25. The average molecular weight is 232 g/mol. The highest BCUT2D eigenvalue weighted by Gasteiger charge is 2.20. The van der Waals surface area contributed by atoms with Crippen LogP contribution >= 0.6 is 0 Å². The van der Waals surface area contributed by atoms with Crippen molar-refractivity contribution >= 4 is 12.1 Å². The minimum Gasteiger partial charge on any atom is -0.468 e. The molecule has 0 aliphatic rings. The first-order chi connectivity index (χ1) is 7.30. The highest BCUT2D eigenvalue weighted by Crippen LogP contribution is 2.06. The van der Waals surface area contributed by atoms with Crippen molar-refractivity contribution in [2.75, 3.05) is 20.7 Å². The lowest BCUT2D eigenvalue weighted by atomic mass is 10.2. The number of ether oxygens (including phenoxy) is 2. The van der Waals surface area contributed by atoms with Crippen molar-refractivity contribution in [3.8, 4) is 0 Å². The Kier molecular flexibility index (Phi) is 5.81. The summed E-state index contributed by atoms with van der Waals surface area (Å²) in [6.45, 7) is 5.42. The van der Waals surface area contributed by atoms with Crippen molar-refractivity contribution in [1.82, 2.24) is 10.6 Å². The van der Waals surface area contributed by atoms with Crippen molar-refractivity contribution in [2.45, 2.75) is 32.4 Å². The van der Waals surface area contributed by atoms with Crippen LogP contribution in [0.2, 0.25) is 0 Å². The predicted molar refractivity (Wildman–Crippen MR) is 59.1 cm³/mol. The number of nitrogens with one attached hydrogen (secondary N) is 2. The van der Waals surface area contributed by atoms with Crippen molar-refractivity contribution in [2.24, 2.45) is 0 Å². The van der Waals surface area contributed by atoms with E-state index in [4.69, 9.17) is 4.74 Å². The molecule has 16 heavy (non-hydrogen) atoms. The molecule has 0 aliphatic heterocycles. The van der Waals surface area contributed by atoms with Gasteiger partial charge in [0.1, 0.15) is 11.6 Å². The van der Waals surface area contributed by atoms with Crippen LogP contribution in [0.15, 0.2) is 0 Å². The number of amides is 1. The highest BCUT2D eigenvalue weighted by atomic mass is 16.6. The summed E-state index contributed by atoms with van der Waals surface area (Å²) in [7, 11) is 2.90. The van der Waals surface area contributed by atoms with Gasteiger partial charge in [-0.25, -0.2) is 4.79 Å². The summed E-state index contributed by atoms with van der Waals surface area (Å²) in [6.07, 6.45) is -0.559. The molecule has 1 unspecified atom stereocenters. The van der Waals surface area contributed by atoms with E-state index in [1.54, 1.807) is 27.8 Å². The van der Waals surface area contributed by atoms with Gasteiger partial charge in [-0.05, 0) is 27.8 Å². The molecule has 94 valence electrons. The smallest absolute Gasteiger partial charge is 0.407 e. The maximum Gasteiger partial charge on any atom is 0.407 e. The number of hydrogen-bond acceptors (Lipinski definition) is 5. The summed E-state index contributed by atoms with van der Waals surface area (Å²) in [6, 6.07) is -0.572. The third-order valence-corrected chi connectivity index (χ3v) is 1.68. The first kappa shape index (κ1) is 14.7. The van der Waals surface area contributed by atoms with Gasteiger partial charge in [0.25, 0.3) is 0 Å². The molecule has 2 N–H and O–H groups in total. The van der Waals surface area contributed by atoms with E-state index < -0.39 is 23.7 Å². The topological polar surface area (TPSA) is 76.7 Å². The molecule has 1 amide bonds. The second kappa shape index (κ2) is 6.32. The van der Waals surface area contributed by atoms with Crippen LogP contribution in [0.1, 0.15) is 20.8 Å². The third-order valence-electron chi connectivity index (χ3n) is 1.68. The highest BCUT2D eigenvalue weighted by molar-refractivity contribution is 5.77. The van der Waals surface area contributed by atoms with Crippen LogP contribution in [-0.4, -0.2) is 44.4 Å². The summed E-state index contributed by atoms with van der Waals surface area (Å²) in [5.74, 6) is -0.432. The largest absolute Gasteiger partial charge is 0.468 e. The molecular weight excluding hydrogens is 212 g/mol. The van der Waals surface area contributed by atoms with Crippen LogP contribution in [0.25, 0.3) is 0 Å². The number of methoxy groups -OCH3 is 1. The van der Waals surface area contributed by atoms with Gasteiger partial charge in [0.05, 0.1) is 7.11 Å². The maximum atomic E-state index is 11.3. The van der Waals surface area contributed by atoms with E-state index in [0.29, 0.717) is 0 Å². The third kappa shape index (κ3) is 6.23. The Balaban J connectivity index is 4.03. The van der Waals surface area contributed by atoms with Gasteiger partial charge in [-0.2, -0.15) is 0 Å². The van der Waals surface area contributed by atoms with Crippen LogP contribution < -0.4 is 10.6 Å². The quantitative estimate of drug-likeness (QED) is 0.680. The van der Waals surface area contributed by atoms with Crippen molar-refractivity contribution in [3.05, 3.63) is 0 Å². The minimum absolute atomic E-state index is 0.123. The fourth-order valence-electron chi connectivity index (χ4n) is 0.945. The van der Waals surface area contributed by atoms with E-state index in [2.05, 4.69) is 15.4 Å². The Morgan fingerprint density at radius 2 is 1.88 bits per heavy atom. The summed E-state index contributed by atoms with van der Waals surface area (Å²) >= 11 is 0. The average Bonchev–Trinajstić information content (AvgIpc) is 2.15. The fraction of sp³-hybridized carbons (Fsp3) is 0.800. The normalized spacial score (nSPS) is 12.8. The van der Waals surface area contributed by atoms with E-state index >= 15 is 0 Å². The van der Waals surface area contributed by atoms with Crippen LogP contribution in [0.5, 0.6) is 0 Å². The standard InChI is InChI=1S/C10H20N2O4/c1-10(2,3)16-9(14)12-6-7(11-4)8(13)15-5/h7,11H,6H2,1-5H3,(H,12,14). The van der Waals surface area contributed by atoms with Crippen LogP contribution in [0.3, 0.4) is 0 Å². The molecule has 0 rings (SSSR count). The first-order valence-corrected chi connectivity index (χ1v) is 5.02. The van der Waals surface area contributed by atoms with Crippen LogP contribution in [0, 0.1) is 0 Å². The lowest BCUT2D eigenvalue weighted by molar-refractivity contribution is -0.142. The molecule has 6 nitrogen and oxygen atoms in total. The predicted octanol–water partition coefficient (Wildman–Crippen LogP) is 0.272. The number of esters is 1. The van der Waals surface area contributed by atoms with Gasteiger partial charge in [-0.1, -0.05) is 0 Å². The fourth-order valence-corrected chi connectivity index (χ4v) is 0.945. The summed E-state index contributed by atoms with van der Waals surface area (Å²) in [5, 5.41) is 5.21. The summed E-state index contributed by atoms with van der Waals surface area (Å²) < 4.78 is 9.56. The molecule has 0 fully saturated rings. The molecule has 0 heterocycles. The monoisotopic (exact) mass is 232 g/mol. The number of carbonyl (C=O) groups is 2. The van der Waals surface area contributed by atoms with Crippen LogP contribution in [-0.2, 0) is 14.3 Å². The Bertz CT molecular complexity index is 248. The second-order valence-electron chi connectivity index (χ2n) is 4.25. The van der Waals surface area contributed by atoms with Gasteiger partial charge in [0.2, 0.25) is 0 Å². The Morgan fingerprint density at radius 3 is 2.25 bits per heavy atom. The number of likely N-dealkylation sites (N-methyl/N-ethyl adjacent to an activating group) is 1. The molecule has 0 spiro atoms. The van der Waals surface area contributed by atoms with Gasteiger partial charge in [-0.3, -0.25) is 4.79 Å². The SMILES string of the molecule is CNC(CNC(=O)OC(C)(C)C)C(=O)OC. The van der Waals surface area contributed by atoms with Gasteiger partial charge in [0.15, 0.2) is 0 Å². The number of alkyl carbamates (subject to hydrolysis) is 1. The maximum absolute atomic E-state index is 11.3. The van der Waals surface area contributed by atoms with E-state index in [-0.39, 0.29) is 6.54 Å². The molecule has 0 saturated carbocycles. The first-order valence-electron chi connectivity index (χ1n) is 5.02. The minimum atomic E-state index is -0.572. The molecule has 0 bridgehead atoms. The Morgan fingerprint density at radius 1 is 1.31 bits per heavy atom. The molecule has 0 saturated heterocycles.